The number of carbonyl (C=O) groups excluding carboxylic acids is 6. The number of likely N-dealkylation sites (N-methyl/N-ethyl adjacent to an activating group) is 1. The molecule has 0 saturated heterocycles. The van der Waals surface area contributed by atoms with Crippen molar-refractivity contribution in [3.8, 4) is 11.5 Å². The number of ketones is 4. The second kappa shape index (κ2) is 12.5. The Labute approximate surface area is 277 Å². The van der Waals surface area contributed by atoms with Crippen LogP contribution in [0.15, 0.2) is 30.3 Å². The van der Waals surface area contributed by atoms with E-state index in [0.717, 1.165) is 12.1 Å². The van der Waals surface area contributed by atoms with Crippen molar-refractivity contribution >= 4 is 46.4 Å². The maximum absolute atomic E-state index is 14.2. The molecule has 2 saturated carbocycles. The molecule has 0 heterocycles. The predicted octanol–water partition coefficient (Wildman–Crippen LogP) is 1.15. The first-order chi connectivity index (χ1) is 22.8. The normalized spacial score (nSPS) is 26.4. The van der Waals surface area contributed by atoms with Gasteiger partial charge in [-0.15, -0.1) is 13.2 Å². The van der Waals surface area contributed by atoms with Gasteiger partial charge in [0.05, 0.1) is 17.5 Å². The van der Waals surface area contributed by atoms with Gasteiger partial charge in [-0.1, -0.05) is 0 Å². The van der Waals surface area contributed by atoms with Crippen LogP contribution in [0, 0.1) is 23.7 Å². The number of nitrogens with two attached hydrogens (primary N) is 1. The highest BCUT2D eigenvalue weighted by Crippen LogP contribution is 2.52. The van der Waals surface area contributed by atoms with Crippen LogP contribution in [0.25, 0.3) is 0 Å². The number of primary amides is 1. The van der Waals surface area contributed by atoms with E-state index in [0.29, 0.717) is 11.3 Å². The minimum atomic E-state index is -4.89. The quantitative estimate of drug-likeness (QED) is 0.261. The topological polar surface area (TPSA) is 209 Å². The summed E-state index contributed by atoms with van der Waals surface area (Å²) in [5.74, 6) is -12.4. The highest BCUT2D eigenvalue weighted by atomic mass is 19.4. The Morgan fingerprint density at radius 2 is 1.69 bits per heavy atom. The minimum absolute atomic E-state index is 0.0507. The molecule has 3 aliphatic rings. The number of aromatic hydroxyl groups is 1. The Morgan fingerprint density at radius 1 is 1.06 bits per heavy atom. The lowest BCUT2D eigenvalue weighted by molar-refractivity contribution is -0.274. The molecule has 0 aromatic heterocycles. The molecule has 49 heavy (non-hydrogen) atoms. The summed E-state index contributed by atoms with van der Waals surface area (Å²) >= 11 is 0. The van der Waals surface area contributed by atoms with Crippen LogP contribution >= 0.6 is 0 Å². The maximum Gasteiger partial charge on any atom is 0.573 e. The van der Waals surface area contributed by atoms with Crippen molar-refractivity contribution in [2.24, 2.45) is 29.4 Å². The molecule has 0 aliphatic heterocycles. The number of halogens is 3. The van der Waals surface area contributed by atoms with E-state index in [4.69, 9.17) is 5.73 Å². The molecular weight excluding hydrogens is 655 g/mol. The average molecular weight is 690 g/mol. The summed E-state index contributed by atoms with van der Waals surface area (Å²) < 4.78 is 41.1. The van der Waals surface area contributed by atoms with Crippen LogP contribution in [0.1, 0.15) is 27.9 Å². The largest absolute Gasteiger partial charge is 0.573 e. The maximum atomic E-state index is 14.2. The highest BCUT2D eigenvalue weighted by Gasteiger charge is 2.69. The van der Waals surface area contributed by atoms with E-state index in [1.54, 1.807) is 25.1 Å². The van der Waals surface area contributed by atoms with E-state index in [9.17, 15) is 52.2 Å². The number of nitrogens with zero attached hydrogens (tertiary/aromatic N) is 2. The molecule has 2 fully saturated rings. The van der Waals surface area contributed by atoms with Crippen LogP contribution in [0.3, 0.4) is 0 Å². The van der Waals surface area contributed by atoms with Crippen molar-refractivity contribution in [2.45, 2.75) is 37.4 Å². The number of phenols is 1. The first kappa shape index (κ1) is 35.3. The number of nitrogens with one attached hydrogen (secondary N) is 2. The zero-order valence-corrected chi connectivity index (χ0v) is 26.8. The number of hydrogen-bond acceptors (Lipinski definition) is 11. The molecule has 5 rings (SSSR count). The average Bonchev–Trinajstić information content (AvgIpc) is 2.98. The predicted molar refractivity (Wildman–Crippen MR) is 165 cm³/mol. The summed E-state index contributed by atoms with van der Waals surface area (Å²) in [6.45, 7) is -0.339. The van der Waals surface area contributed by atoms with Gasteiger partial charge in [-0.25, -0.2) is 4.79 Å². The lowest BCUT2D eigenvalue weighted by Gasteiger charge is -2.52. The number of Topliss-reactive ketones (excluding diaryl/α,β-unsaturated/α-hetero) is 4. The number of ether oxygens (including phenoxy) is 1. The Balaban J connectivity index is 1.44. The highest BCUT2D eigenvalue weighted by molar-refractivity contribution is 6.32. The number of phenolic OH excluding ortho intramolecular Hbond substituents is 1. The Kier molecular flexibility index (Phi) is 8.96. The van der Waals surface area contributed by atoms with E-state index in [2.05, 4.69) is 15.4 Å². The summed E-state index contributed by atoms with van der Waals surface area (Å²) in [6.07, 6.45) is -4.94. The molecule has 17 heteroatoms. The fourth-order valence-electron chi connectivity index (χ4n) is 7.33. The monoisotopic (exact) mass is 689 g/mol. The van der Waals surface area contributed by atoms with Crippen molar-refractivity contribution in [3.63, 3.8) is 0 Å². The van der Waals surface area contributed by atoms with Crippen molar-refractivity contribution in [1.29, 1.82) is 0 Å². The van der Waals surface area contributed by atoms with Gasteiger partial charge in [0.1, 0.15) is 11.5 Å². The molecule has 6 N–H and O–H groups in total. The lowest BCUT2D eigenvalue weighted by Crippen LogP contribution is -2.74. The number of anilines is 2. The second-order valence-corrected chi connectivity index (χ2v) is 12.8. The number of aliphatic hydroxyl groups is 1. The number of benzene rings is 2. The molecule has 0 radical (unpaired) electrons. The van der Waals surface area contributed by atoms with Gasteiger partial charge in [0.15, 0.2) is 34.7 Å². The zero-order valence-electron chi connectivity index (χ0n) is 26.8. The summed E-state index contributed by atoms with van der Waals surface area (Å²) in [5, 5.41) is 28.0. The molecule has 2 unspecified atom stereocenters. The van der Waals surface area contributed by atoms with Gasteiger partial charge >= 0.3 is 12.4 Å². The number of rotatable bonds is 7. The van der Waals surface area contributed by atoms with Crippen LogP contribution in [0.2, 0.25) is 0 Å². The second-order valence-electron chi connectivity index (χ2n) is 12.8. The van der Waals surface area contributed by atoms with Crippen molar-refractivity contribution in [3.05, 3.63) is 47.0 Å². The van der Waals surface area contributed by atoms with E-state index in [1.807, 2.05) is 0 Å². The van der Waals surface area contributed by atoms with Gasteiger partial charge in [-0.3, -0.25) is 28.9 Å². The van der Waals surface area contributed by atoms with Crippen LogP contribution in [-0.2, 0) is 32.1 Å². The third-order valence-corrected chi connectivity index (χ3v) is 9.38. The van der Waals surface area contributed by atoms with Crippen molar-refractivity contribution in [2.75, 3.05) is 38.4 Å². The molecule has 2 aromatic rings. The lowest BCUT2D eigenvalue weighted by atomic mass is 9.52. The van der Waals surface area contributed by atoms with E-state index >= 15 is 0 Å². The molecule has 0 bridgehead atoms. The Bertz CT molecular complexity index is 1760. The summed E-state index contributed by atoms with van der Waals surface area (Å²) in [6, 6.07) is 3.86. The minimum Gasteiger partial charge on any atom is -0.507 e. The Hall–Kier alpha value is -5.03. The third-order valence-electron chi connectivity index (χ3n) is 9.38. The van der Waals surface area contributed by atoms with Gasteiger partial charge in [0.2, 0.25) is 5.91 Å². The number of urea groups is 1. The number of carbonyl (C=O) groups is 6. The van der Waals surface area contributed by atoms with Gasteiger partial charge in [-0.2, -0.15) is 0 Å². The number of amides is 3. The SMILES string of the molecule is CN(C)c1cc(CNC(=O)Nc2ccc(OC(F)(F)F)cc2)c(O)c2c1C[C@@H]1C[C@@H]3[C@@H](N(C)C)C(=O)C(C(N)=O)C(=O)[C@]3(O)C(=O)C1C2=O. The summed E-state index contributed by atoms with van der Waals surface area (Å²) in [7, 11) is 6.34. The third kappa shape index (κ3) is 6.07. The van der Waals surface area contributed by atoms with Crippen molar-refractivity contribution in [1.82, 2.24) is 10.2 Å². The van der Waals surface area contributed by atoms with Crippen LogP contribution in [0.5, 0.6) is 11.5 Å². The summed E-state index contributed by atoms with van der Waals surface area (Å²) in [5.41, 5.74) is 3.29. The van der Waals surface area contributed by atoms with Gasteiger partial charge < -0.3 is 36.2 Å². The molecular formula is C32H34F3N5O9. The standard InChI is InChI=1S/C32H34F3N5O9/c1-39(2)19-11-14(12-37-30(47)38-15-5-7-16(8-6-15)49-32(33,34)35)24(41)21-17(19)9-13-10-18-23(40(3)4)26(43)22(29(36)46)28(45)31(18,48)27(44)20(13)25(21)42/h5-8,11,13,18,20,22-23,41,48H,9-10,12H2,1-4H3,(H2,36,46)(H2,37,38,47)/t13-,18-,20?,22?,23-,31-/m1/s1. The molecule has 2 aromatic carbocycles. The first-order valence-electron chi connectivity index (χ1n) is 15.1. The smallest absolute Gasteiger partial charge is 0.507 e. The summed E-state index contributed by atoms with van der Waals surface area (Å²) in [4.78, 5) is 82.9. The number of alkyl halides is 3. The van der Waals surface area contributed by atoms with E-state index in [-0.39, 0.29) is 36.2 Å². The van der Waals surface area contributed by atoms with Gasteiger partial charge in [0.25, 0.3) is 0 Å². The van der Waals surface area contributed by atoms with Crippen LogP contribution in [-0.4, -0.2) is 96.4 Å². The molecule has 3 aliphatic carbocycles. The van der Waals surface area contributed by atoms with Gasteiger partial charge in [0, 0.05) is 43.5 Å². The Morgan fingerprint density at radius 3 is 2.24 bits per heavy atom. The molecule has 0 spiro atoms. The van der Waals surface area contributed by atoms with Crippen LogP contribution < -0.4 is 26.0 Å². The fourth-order valence-corrected chi connectivity index (χ4v) is 7.33. The zero-order chi connectivity index (χ0) is 36.3. The molecule has 262 valence electrons. The van der Waals surface area contributed by atoms with Crippen LogP contribution in [0.4, 0.5) is 29.3 Å². The first-order valence-corrected chi connectivity index (χ1v) is 15.1. The molecule has 6 atom stereocenters. The molecule has 3 amide bonds. The fraction of sp³-hybridized carbons (Fsp3) is 0.438. The van der Waals surface area contributed by atoms with Crippen molar-refractivity contribution < 1.29 is 56.9 Å². The van der Waals surface area contributed by atoms with E-state index in [1.165, 1.54) is 31.1 Å². The van der Waals surface area contributed by atoms with E-state index < -0.39 is 88.2 Å². The molecule has 14 nitrogen and oxygen atoms in total. The number of fused-ring (bicyclic) bond motifs is 3. The van der Waals surface area contributed by atoms with Gasteiger partial charge in [-0.05, 0) is 68.8 Å². The number of hydrogen-bond donors (Lipinski definition) is 5.